The third-order valence-corrected chi connectivity index (χ3v) is 3.39. The number of fused-ring (bicyclic) bond motifs is 1. The van der Waals surface area contributed by atoms with Crippen LogP contribution in [0, 0.1) is 11.8 Å². The van der Waals surface area contributed by atoms with E-state index in [9.17, 15) is 9.90 Å². The number of rotatable bonds is 1. The van der Waals surface area contributed by atoms with Crippen molar-refractivity contribution in [2.75, 3.05) is 5.75 Å². The first-order chi connectivity index (χ1) is 9.09. The van der Waals surface area contributed by atoms with Gasteiger partial charge in [0, 0.05) is 18.5 Å². The standard InChI is InChI=1S/C14H10ClNO2S/c1-9(17)19-7-3-4-10-8-12(15)11-5-2-6-16-13(11)14(10)18/h2,5-6,8,18H,7H2,1H3. The lowest BCUT2D eigenvalue weighted by Gasteiger charge is -2.04. The highest BCUT2D eigenvalue weighted by Crippen LogP contribution is 2.32. The second-order valence-corrected chi connectivity index (χ2v) is 5.30. The number of pyridine rings is 1. The predicted molar refractivity (Wildman–Crippen MR) is 78.4 cm³/mol. The Morgan fingerprint density at radius 3 is 3.11 bits per heavy atom. The van der Waals surface area contributed by atoms with Gasteiger partial charge in [0.15, 0.2) is 10.9 Å². The monoisotopic (exact) mass is 291 g/mol. The van der Waals surface area contributed by atoms with Gasteiger partial charge in [-0.15, -0.1) is 0 Å². The fraction of sp³-hybridized carbons (Fsp3) is 0.143. The third kappa shape index (κ3) is 3.19. The molecule has 0 fully saturated rings. The summed E-state index contributed by atoms with van der Waals surface area (Å²) in [5.74, 6) is 6.01. The zero-order valence-electron chi connectivity index (χ0n) is 10.1. The van der Waals surface area contributed by atoms with Crippen LogP contribution in [0.5, 0.6) is 5.75 Å². The van der Waals surface area contributed by atoms with Crippen molar-refractivity contribution < 1.29 is 9.90 Å². The molecule has 0 aliphatic heterocycles. The number of phenolic OH excluding ortho intramolecular Hbond substituents is 1. The van der Waals surface area contributed by atoms with Gasteiger partial charge in [0.2, 0.25) is 0 Å². The number of nitrogens with zero attached hydrogens (tertiary/aromatic N) is 1. The van der Waals surface area contributed by atoms with E-state index in [1.807, 2.05) is 0 Å². The Hall–Kier alpha value is -1.70. The first-order valence-corrected chi connectivity index (χ1v) is 6.84. The van der Waals surface area contributed by atoms with Gasteiger partial charge in [-0.3, -0.25) is 9.78 Å². The van der Waals surface area contributed by atoms with Crippen LogP contribution in [-0.2, 0) is 4.79 Å². The molecule has 0 bridgehead atoms. The topological polar surface area (TPSA) is 50.2 Å². The van der Waals surface area contributed by atoms with Crippen LogP contribution in [0.25, 0.3) is 10.9 Å². The van der Waals surface area contributed by atoms with E-state index < -0.39 is 0 Å². The van der Waals surface area contributed by atoms with Crippen molar-refractivity contribution in [1.29, 1.82) is 0 Å². The number of phenols is 1. The summed E-state index contributed by atoms with van der Waals surface area (Å²) in [5.41, 5.74) is 0.846. The molecule has 0 atom stereocenters. The summed E-state index contributed by atoms with van der Waals surface area (Å²) >= 11 is 7.24. The van der Waals surface area contributed by atoms with Gasteiger partial charge in [0.1, 0.15) is 5.52 Å². The fourth-order valence-corrected chi connectivity index (χ4v) is 2.16. The number of carbonyl (C=O) groups is 1. The molecule has 96 valence electrons. The van der Waals surface area contributed by atoms with Gasteiger partial charge in [-0.25, -0.2) is 0 Å². The van der Waals surface area contributed by atoms with Crippen molar-refractivity contribution in [3.8, 4) is 17.6 Å². The van der Waals surface area contributed by atoms with Crippen LogP contribution < -0.4 is 0 Å². The molecule has 1 aromatic carbocycles. The lowest BCUT2D eigenvalue weighted by Crippen LogP contribution is -1.86. The zero-order chi connectivity index (χ0) is 13.8. The van der Waals surface area contributed by atoms with Crippen LogP contribution in [0.1, 0.15) is 12.5 Å². The summed E-state index contributed by atoms with van der Waals surface area (Å²) < 4.78 is 0. The minimum atomic E-state index is 0.0109. The summed E-state index contributed by atoms with van der Waals surface area (Å²) in [6.07, 6.45) is 1.58. The molecule has 1 aromatic heterocycles. The summed E-state index contributed by atoms with van der Waals surface area (Å²) in [4.78, 5) is 14.9. The van der Waals surface area contributed by atoms with Crippen molar-refractivity contribution >= 4 is 39.4 Å². The number of halogens is 1. The number of thioether (sulfide) groups is 1. The Balaban J connectivity index is 2.39. The average Bonchev–Trinajstić information content (AvgIpc) is 2.40. The van der Waals surface area contributed by atoms with Crippen LogP contribution in [0.15, 0.2) is 24.4 Å². The summed E-state index contributed by atoms with van der Waals surface area (Å²) in [5, 5.41) is 11.3. The first kappa shape index (κ1) is 13.7. The van der Waals surface area contributed by atoms with Crippen LogP contribution in [-0.4, -0.2) is 21.0 Å². The number of hydrogen-bond donors (Lipinski definition) is 1. The van der Waals surface area contributed by atoms with Gasteiger partial charge >= 0.3 is 0 Å². The maximum Gasteiger partial charge on any atom is 0.186 e. The van der Waals surface area contributed by atoms with Crippen molar-refractivity contribution in [1.82, 2.24) is 4.98 Å². The Kier molecular flexibility index (Phi) is 4.31. The highest BCUT2D eigenvalue weighted by molar-refractivity contribution is 8.13. The fourth-order valence-electron chi connectivity index (χ4n) is 1.55. The maximum absolute atomic E-state index is 10.8. The molecular weight excluding hydrogens is 282 g/mol. The minimum Gasteiger partial charge on any atom is -0.504 e. The van der Waals surface area contributed by atoms with E-state index in [0.29, 0.717) is 27.2 Å². The normalized spacial score (nSPS) is 10.0. The molecule has 0 spiro atoms. The van der Waals surface area contributed by atoms with Gasteiger partial charge in [-0.1, -0.05) is 35.2 Å². The second kappa shape index (κ2) is 5.96. The molecule has 2 aromatic rings. The first-order valence-electron chi connectivity index (χ1n) is 5.48. The largest absolute Gasteiger partial charge is 0.504 e. The highest BCUT2D eigenvalue weighted by atomic mass is 35.5. The van der Waals surface area contributed by atoms with E-state index in [1.165, 1.54) is 6.92 Å². The summed E-state index contributed by atoms with van der Waals surface area (Å²) in [6.45, 7) is 1.49. The minimum absolute atomic E-state index is 0.0109. The number of carbonyl (C=O) groups excluding carboxylic acids is 1. The van der Waals surface area contributed by atoms with Gasteiger partial charge in [-0.2, -0.15) is 0 Å². The zero-order valence-corrected chi connectivity index (χ0v) is 11.7. The van der Waals surface area contributed by atoms with Gasteiger partial charge in [0.25, 0.3) is 0 Å². The molecule has 5 heteroatoms. The molecule has 0 saturated carbocycles. The maximum atomic E-state index is 10.8. The molecule has 0 saturated heterocycles. The Bertz CT molecular complexity index is 704. The Morgan fingerprint density at radius 1 is 1.58 bits per heavy atom. The van der Waals surface area contributed by atoms with Crippen molar-refractivity contribution in [2.24, 2.45) is 0 Å². The van der Waals surface area contributed by atoms with E-state index in [2.05, 4.69) is 16.8 Å². The van der Waals surface area contributed by atoms with Crippen LogP contribution >= 0.6 is 23.4 Å². The molecule has 1 heterocycles. The lowest BCUT2D eigenvalue weighted by atomic mass is 10.1. The van der Waals surface area contributed by atoms with Crippen LogP contribution in [0.3, 0.4) is 0 Å². The molecule has 0 radical (unpaired) electrons. The van der Waals surface area contributed by atoms with E-state index in [-0.39, 0.29) is 10.9 Å². The third-order valence-electron chi connectivity index (χ3n) is 2.39. The van der Waals surface area contributed by atoms with Crippen molar-refractivity contribution in [3.63, 3.8) is 0 Å². The SMILES string of the molecule is CC(=O)SCC#Cc1cc(Cl)c2cccnc2c1O. The van der Waals surface area contributed by atoms with Crippen LogP contribution in [0.2, 0.25) is 5.02 Å². The summed E-state index contributed by atoms with van der Waals surface area (Å²) in [7, 11) is 0. The van der Waals surface area contributed by atoms with E-state index in [4.69, 9.17) is 11.6 Å². The smallest absolute Gasteiger partial charge is 0.186 e. The number of aromatic nitrogens is 1. The summed E-state index contributed by atoms with van der Waals surface area (Å²) in [6, 6.07) is 5.14. The molecule has 0 unspecified atom stereocenters. The number of benzene rings is 1. The van der Waals surface area contributed by atoms with E-state index >= 15 is 0 Å². The van der Waals surface area contributed by atoms with Crippen LogP contribution in [0.4, 0.5) is 0 Å². The molecule has 0 aliphatic carbocycles. The van der Waals surface area contributed by atoms with Crippen molar-refractivity contribution in [2.45, 2.75) is 6.92 Å². The van der Waals surface area contributed by atoms with Gasteiger partial charge < -0.3 is 5.11 Å². The molecule has 2 rings (SSSR count). The molecule has 1 N–H and O–H groups in total. The van der Waals surface area contributed by atoms with Gasteiger partial charge in [-0.05, 0) is 18.2 Å². The molecule has 3 nitrogen and oxygen atoms in total. The highest BCUT2D eigenvalue weighted by Gasteiger charge is 2.09. The van der Waals surface area contributed by atoms with Gasteiger partial charge in [0.05, 0.1) is 16.3 Å². The second-order valence-electron chi connectivity index (χ2n) is 3.74. The molecule has 0 amide bonds. The quantitative estimate of drug-likeness (QED) is 0.820. The predicted octanol–water partition coefficient (Wildman–Crippen LogP) is 3.23. The Labute approximate surface area is 120 Å². The van der Waals surface area contributed by atoms with Crippen molar-refractivity contribution in [3.05, 3.63) is 35.0 Å². The number of aromatic hydroxyl groups is 1. The average molecular weight is 292 g/mol. The van der Waals surface area contributed by atoms with E-state index in [1.54, 1.807) is 24.4 Å². The molecular formula is C14H10ClNO2S. The molecule has 0 aliphatic rings. The Morgan fingerprint density at radius 2 is 2.37 bits per heavy atom. The lowest BCUT2D eigenvalue weighted by molar-refractivity contribution is -0.109. The molecule has 19 heavy (non-hydrogen) atoms. The van der Waals surface area contributed by atoms with E-state index in [0.717, 1.165) is 11.8 Å². The number of hydrogen-bond acceptors (Lipinski definition) is 4.